The molecule has 0 spiro atoms. The fraction of sp³-hybridized carbons (Fsp3) is 0.354. The van der Waals surface area contributed by atoms with E-state index in [0.29, 0.717) is 119 Å². The molecule has 3 aliphatic rings. The summed E-state index contributed by atoms with van der Waals surface area (Å²) in [6.07, 6.45) is 14.7. The molecule has 1 unspecified atom stereocenters. The molecule has 3 saturated heterocycles. The molecular formula is C82H92B2Cl2I2N12O14P. The van der Waals surface area contributed by atoms with Gasteiger partial charge in [0.25, 0.3) is 18.3 Å². The van der Waals surface area contributed by atoms with Crippen molar-refractivity contribution < 1.29 is 65.4 Å². The van der Waals surface area contributed by atoms with Crippen LogP contribution in [0.1, 0.15) is 122 Å². The highest BCUT2D eigenvalue weighted by Crippen LogP contribution is 2.42. The average molecular weight is 1850 g/mol. The van der Waals surface area contributed by atoms with E-state index in [9.17, 15) is 24.9 Å². The summed E-state index contributed by atoms with van der Waals surface area (Å²) in [7, 11) is 14.1. The van der Waals surface area contributed by atoms with Gasteiger partial charge in [0.1, 0.15) is 62.8 Å². The predicted octanol–water partition coefficient (Wildman–Crippen LogP) is 16.8. The SMILES string of the molecule is CC1(C)OB(c2ccc(NC3CCOCC3)c(C#N)c2)OC1(C)C.CCC.COc1cc(C(=O)N(C)C)cnc1-c1cc2ncc(C)c(-c3ccc(NC4CCOCC4)c(C#N)c3)c2o1.COc1cc(C(=O)N(C)C)cnc1-c1cc2ncc(C)c(Cl)c2o1.COc1cc(OC=O)cnc1I.Cc1cnc2cc(I)oc2c1Cl.[2H][B]P. The number of pyridine rings is 6. The molecule has 1 radical (unpaired) electrons. The summed E-state index contributed by atoms with van der Waals surface area (Å²) in [5.74, 6) is 2.45. The minimum absolute atomic E-state index is 0.155. The van der Waals surface area contributed by atoms with Crippen LogP contribution in [0.3, 0.4) is 0 Å². The van der Waals surface area contributed by atoms with E-state index in [-0.39, 0.29) is 29.1 Å². The number of nitriles is 2. The maximum atomic E-state index is 12.4. The number of hydrogen-bond donors (Lipinski definition) is 2. The molecule has 603 valence electrons. The summed E-state index contributed by atoms with van der Waals surface area (Å²) in [4.78, 5) is 63.2. The minimum atomic E-state index is -0.445. The lowest BCUT2D eigenvalue weighted by molar-refractivity contribution is -0.120. The number of nitrogens with zero attached hydrogens (tertiary/aromatic N) is 10. The van der Waals surface area contributed by atoms with Crippen LogP contribution in [0.5, 0.6) is 23.0 Å². The van der Waals surface area contributed by atoms with Crippen LogP contribution in [0, 0.1) is 50.9 Å². The summed E-state index contributed by atoms with van der Waals surface area (Å²) >= 11 is 16.4. The minimum Gasteiger partial charge on any atom is -0.494 e. The van der Waals surface area contributed by atoms with Gasteiger partial charge in [-0.05, 0) is 185 Å². The molecule has 14 rings (SSSR count). The van der Waals surface area contributed by atoms with E-state index in [2.05, 4.69) is 103 Å². The van der Waals surface area contributed by atoms with E-state index >= 15 is 0 Å². The number of carbonyl (C=O) groups is 3. The summed E-state index contributed by atoms with van der Waals surface area (Å²) in [6, 6.07) is 27.2. The number of aryl methyl sites for hydroxylation is 3. The van der Waals surface area contributed by atoms with Crippen molar-refractivity contribution in [1.29, 1.82) is 11.9 Å². The van der Waals surface area contributed by atoms with Crippen LogP contribution in [0.15, 0.2) is 123 Å². The zero-order valence-corrected chi connectivity index (χ0v) is 73.9. The number of nitrogens with one attached hydrogen (secondary N) is 2. The molecule has 2 aromatic carbocycles. The Morgan fingerprint density at radius 2 is 1.06 bits per heavy atom. The van der Waals surface area contributed by atoms with Gasteiger partial charge in [-0.3, -0.25) is 29.3 Å². The maximum absolute atomic E-state index is 12.4. The van der Waals surface area contributed by atoms with Crippen molar-refractivity contribution in [3.63, 3.8) is 0 Å². The lowest BCUT2D eigenvalue weighted by Gasteiger charge is -2.32. The number of anilines is 2. The molecule has 33 heteroatoms. The number of rotatable bonds is 15. The summed E-state index contributed by atoms with van der Waals surface area (Å²) in [5.41, 5.74) is 13.1. The first-order valence-corrected chi connectivity index (χ1v) is 40.0. The van der Waals surface area contributed by atoms with Crippen molar-refractivity contribution in [3.8, 4) is 69.2 Å². The number of carbonyl (C=O) groups excluding carboxylic acids is 3. The summed E-state index contributed by atoms with van der Waals surface area (Å²) < 4.78 is 68.5. The lowest BCUT2D eigenvalue weighted by atomic mass is 9.78. The fourth-order valence-corrected chi connectivity index (χ4v) is 13.0. The first kappa shape index (κ1) is 89.7. The van der Waals surface area contributed by atoms with Crippen molar-refractivity contribution in [2.75, 3.05) is 86.6 Å². The van der Waals surface area contributed by atoms with Crippen molar-refractivity contribution >= 4 is 161 Å². The largest absolute Gasteiger partial charge is 0.494 e. The summed E-state index contributed by atoms with van der Waals surface area (Å²) in [6.45, 7) is 21.4. The number of halogens is 4. The van der Waals surface area contributed by atoms with Gasteiger partial charge >= 0.3 is 7.12 Å². The van der Waals surface area contributed by atoms with E-state index in [1.807, 2.05) is 120 Å². The van der Waals surface area contributed by atoms with Gasteiger partial charge in [-0.25, -0.2) is 15.0 Å². The zero-order valence-electron chi connectivity index (χ0n) is 67.9. The molecule has 12 heterocycles. The van der Waals surface area contributed by atoms with Crippen LogP contribution >= 0.6 is 77.5 Å². The quantitative estimate of drug-likeness (QED) is 0.0317. The van der Waals surface area contributed by atoms with Gasteiger partial charge < -0.3 is 71.4 Å². The first-order valence-electron chi connectivity index (χ1n) is 37.0. The third-order valence-corrected chi connectivity index (χ3v) is 20.7. The van der Waals surface area contributed by atoms with Gasteiger partial charge in [-0.2, -0.15) is 19.6 Å². The van der Waals surface area contributed by atoms with Crippen molar-refractivity contribution in [2.24, 2.45) is 0 Å². The molecule has 3 fully saturated rings. The van der Waals surface area contributed by atoms with Crippen LogP contribution in [0.4, 0.5) is 11.4 Å². The Hall–Kier alpha value is -9.21. The monoisotopic (exact) mass is 1850 g/mol. The Bertz CT molecular complexity index is 5310. The number of furan rings is 3. The van der Waals surface area contributed by atoms with Gasteiger partial charge in [0.05, 0.1) is 82.4 Å². The second-order valence-electron chi connectivity index (χ2n) is 27.7. The van der Waals surface area contributed by atoms with Gasteiger partial charge in [0.15, 0.2) is 43.5 Å². The van der Waals surface area contributed by atoms with Gasteiger partial charge in [0.2, 0.25) is 0 Å². The lowest BCUT2D eigenvalue weighted by Crippen LogP contribution is -2.41. The van der Waals surface area contributed by atoms with Crippen LogP contribution in [0.25, 0.3) is 67.3 Å². The number of aromatic nitrogens is 6. The van der Waals surface area contributed by atoms with E-state index in [0.717, 1.165) is 110 Å². The Balaban J connectivity index is 0.000000189. The smallest absolute Gasteiger partial charge is 0.494 e. The Morgan fingerprint density at radius 1 is 0.626 bits per heavy atom. The average Bonchev–Trinajstić information content (AvgIpc) is 1.62. The Kier molecular flexibility index (Phi) is 33.2. The zero-order chi connectivity index (χ0) is 84.7. The standard InChI is InChI=1S/C29H29N5O4.C18H25BN2O3.C17H16ClN3O3.C8H5ClINO.C7H6INO3.C3H8.BH3P/c1-17-15-31-23-13-25(27-24(36-4)12-20(16-32-27)29(35)34(2)3)38-28(23)26(17)18-5-6-22(19(11-18)14-30)33-21-7-9-37-10-8-21;1-17(2)18(3,4)24-19(23-17)14-5-6-16(13(11-14)12-20)21-15-7-9-22-10-8-15;1-9-7-19-11-6-13(24-16(11)14(9)18)15-12(23-4)5-10(8-20-15)17(22)21(2)3;1-4-3-11-5-2-6(10)12-8(5)7(4)9;1-11-6-2-5(12-4-10)3-9-7(6)8;1-3-2;1-2/h5-6,11-13,15-16,21,33H,7-10H2,1-4H3;5-6,11,15,21H,7-10H2,1-4H3;5-8H,1-4H3;2-3H,1H3;2-4H,1H3;3H2,1-2H3;1H,2H2/i;;;;;;1D. The molecule has 0 bridgehead atoms. The summed E-state index contributed by atoms with van der Waals surface area (Å²) in [5, 5.41) is 27.6. The third kappa shape index (κ3) is 23.1. The molecule has 9 aromatic heterocycles. The topological polar surface area (TPSA) is 320 Å². The van der Waals surface area contributed by atoms with Crippen LogP contribution in [0.2, 0.25) is 10.0 Å². The molecule has 0 saturated carbocycles. The molecule has 0 aliphatic carbocycles. The van der Waals surface area contributed by atoms with Gasteiger partial charge in [0, 0.05) is 128 Å². The second-order valence-corrected chi connectivity index (χ2v) is 30.6. The molecule has 11 aromatic rings. The van der Waals surface area contributed by atoms with Gasteiger partial charge in [-0.15, -0.1) is 0 Å². The van der Waals surface area contributed by atoms with E-state index in [1.165, 1.54) is 63.7 Å². The third-order valence-electron chi connectivity index (χ3n) is 18.4. The fourth-order valence-electron chi connectivity index (χ4n) is 11.6. The highest BCUT2D eigenvalue weighted by molar-refractivity contribution is 14.1. The normalized spacial score (nSPS) is 14.0. The van der Waals surface area contributed by atoms with Crippen LogP contribution in [-0.2, 0) is 23.6 Å². The maximum Gasteiger partial charge on any atom is 0.494 e. The van der Waals surface area contributed by atoms with E-state index in [1.54, 1.807) is 71.0 Å². The number of hydrogen-bond acceptors (Lipinski definition) is 24. The predicted molar refractivity (Wildman–Crippen MR) is 470 cm³/mol. The van der Waals surface area contributed by atoms with Crippen LogP contribution < -0.4 is 35.0 Å². The molecule has 1 atom stereocenters. The Labute approximate surface area is 712 Å². The number of amides is 2. The van der Waals surface area contributed by atoms with Crippen molar-refractivity contribution in [1.82, 2.24) is 39.7 Å². The van der Waals surface area contributed by atoms with Crippen LogP contribution in [-0.4, -0.2) is 173 Å². The van der Waals surface area contributed by atoms with E-state index < -0.39 is 7.12 Å². The highest BCUT2D eigenvalue weighted by atomic mass is 127. The number of benzene rings is 2. The molecular weight excluding hydrogens is 1750 g/mol. The molecule has 2 amide bonds. The van der Waals surface area contributed by atoms with E-state index in [4.69, 9.17) is 70.8 Å². The molecule has 26 nitrogen and oxygen atoms in total. The second kappa shape index (κ2) is 42.6. The molecule has 2 N–H and O–H groups in total. The number of fused-ring (bicyclic) bond motifs is 3. The highest BCUT2D eigenvalue weighted by Gasteiger charge is 2.52. The number of ether oxygens (including phenoxy) is 6. The van der Waals surface area contributed by atoms with Crippen molar-refractivity contribution in [2.45, 2.75) is 118 Å². The first-order chi connectivity index (χ1) is 55.4. The molecule has 3 aliphatic heterocycles. The molecule has 115 heavy (non-hydrogen) atoms. The van der Waals surface area contributed by atoms with Gasteiger partial charge in [-0.1, -0.05) is 55.6 Å². The van der Waals surface area contributed by atoms with Crippen molar-refractivity contribution in [3.05, 3.63) is 166 Å². The Morgan fingerprint density at radius 3 is 1.52 bits per heavy atom. The number of methoxy groups -OCH3 is 3.